The van der Waals surface area contributed by atoms with Gasteiger partial charge in [-0.3, -0.25) is 9.69 Å². The number of piperazine rings is 1. The topological polar surface area (TPSA) is 74.5 Å². The molecule has 3 heterocycles. The van der Waals surface area contributed by atoms with Gasteiger partial charge < -0.3 is 10.0 Å². The van der Waals surface area contributed by atoms with Gasteiger partial charge in [-0.15, -0.1) is 11.3 Å². The van der Waals surface area contributed by atoms with Crippen LogP contribution in [0, 0.1) is 6.92 Å². The molecule has 1 N–H and O–H groups in total. The summed E-state index contributed by atoms with van der Waals surface area (Å²) in [7, 11) is 0. The van der Waals surface area contributed by atoms with Crippen molar-refractivity contribution < 1.29 is 9.90 Å². The number of carbonyl (C=O) groups is 1. The van der Waals surface area contributed by atoms with Crippen LogP contribution in [0.3, 0.4) is 0 Å². The molecular formula is C23H29N5O2S. The minimum absolute atomic E-state index is 0.0907. The molecule has 0 bridgehead atoms. The molecule has 8 heteroatoms. The maximum absolute atomic E-state index is 13.0. The minimum Gasteiger partial charge on any atom is -0.504 e. The van der Waals surface area contributed by atoms with E-state index in [0.29, 0.717) is 19.0 Å². The van der Waals surface area contributed by atoms with Gasteiger partial charge in [-0.2, -0.15) is 5.10 Å². The number of aromatic hydroxyl groups is 1. The molecule has 0 radical (unpaired) electrons. The number of aromatic nitrogens is 3. The van der Waals surface area contributed by atoms with Crippen molar-refractivity contribution in [2.75, 3.05) is 26.2 Å². The Hall–Kier alpha value is -2.71. The zero-order valence-electron chi connectivity index (χ0n) is 18.4. The van der Waals surface area contributed by atoms with E-state index in [1.54, 1.807) is 20.9 Å². The molecule has 1 aliphatic rings. The third kappa shape index (κ3) is 4.50. The Balaban J connectivity index is 1.42. The van der Waals surface area contributed by atoms with Crippen molar-refractivity contribution in [2.24, 2.45) is 0 Å². The largest absolute Gasteiger partial charge is 0.504 e. The zero-order chi connectivity index (χ0) is 22.1. The second-order valence-electron chi connectivity index (χ2n) is 8.37. The Labute approximate surface area is 186 Å². The molecule has 1 saturated heterocycles. The highest BCUT2D eigenvalue weighted by atomic mass is 32.1. The molecule has 1 aliphatic heterocycles. The number of benzene rings is 1. The van der Waals surface area contributed by atoms with E-state index < -0.39 is 0 Å². The van der Waals surface area contributed by atoms with Crippen LogP contribution in [0.4, 0.5) is 0 Å². The van der Waals surface area contributed by atoms with Crippen molar-refractivity contribution in [3.8, 4) is 11.4 Å². The SMILES string of the molecule is Cc1cnc(C(C)N2CCN(C(=O)c3nn(-c4ccc(C(C)C)cc4)cc3O)CC2)s1. The first kappa shape index (κ1) is 21.5. The van der Waals surface area contributed by atoms with Crippen LogP contribution in [0.5, 0.6) is 5.75 Å². The second kappa shape index (κ2) is 8.80. The van der Waals surface area contributed by atoms with Crippen LogP contribution < -0.4 is 0 Å². The van der Waals surface area contributed by atoms with Gasteiger partial charge in [-0.25, -0.2) is 9.67 Å². The van der Waals surface area contributed by atoms with Crippen LogP contribution in [0.15, 0.2) is 36.7 Å². The Kier molecular flexibility index (Phi) is 6.11. The first-order valence-electron chi connectivity index (χ1n) is 10.7. The standard InChI is InChI=1S/C23H29N5O2S/c1-15(2)18-5-7-19(8-6-18)28-14-20(29)21(25-28)23(30)27-11-9-26(10-12-27)17(4)22-24-13-16(3)31-22/h5-8,13-15,17,29H,9-12H2,1-4H3. The van der Waals surface area contributed by atoms with Gasteiger partial charge in [-0.1, -0.05) is 26.0 Å². The zero-order valence-corrected chi connectivity index (χ0v) is 19.3. The molecule has 0 spiro atoms. The Morgan fingerprint density at radius 1 is 1.10 bits per heavy atom. The molecule has 4 rings (SSSR count). The summed E-state index contributed by atoms with van der Waals surface area (Å²) in [6.45, 7) is 11.2. The third-order valence-electron chi connectivity index (χ3n) is 5.87. The van der Waals surface area contributed by atoms with Crippen molar-refractivity contribution >= 4 is 17.2 Å². The highest BCUT2D eigenvalue weighted by Gasteiger charge is 2.29. The summed E-state index contributed by atoms with van der Waals surface area (Å²) in [4.78, 5) is 22.8. The van der Waals surface area contributed by atoms with Crippen LogP contribution in [-0.4, -0.2) is 61.8 Å². The van der Waals surface area contributed by atoms with Crippen molar-refractivity contribution in [3.05, 3.63) is 57.8 Å². The molecule has 1 atom stereocenters. The van der Waals surface area contributed by atoms with Crippen LogP contribution in [0.2, 0.25) is 0 Å². The smallest absolute Gasteiger partial charge is 0.278 e. The quantitative estimate of drug-likeness (QED) is 0.651. The Morgan fingerprint density at radius 2 is 1.77 bits per heavy atom. The van der Waals surface area contributed by atoms with E-state index in [9.17, 15) is 9.90 Å². The van der Waals surface area contributed by atoms with E-state index >= 15 is 0 Å². The molecule has 1 fully saturated rings. The first-order chi connectivity index (χ1) is 14.8. The van der Waals surface area contributed by atoms with Crippen molar-refractivity contribution in [1.82, 2.24) is 24.6 Å². The van der Waals surface area contributed by atoms with Crippen LogP contribution in [0.25, 0.3) is 5.69 Å². The number of hydrogen-bond donors (Lipinski definition) is 1. The lowest BCUT2D eigenvalue weighted by atomic mass is 10.0. The Morgan fingerprint density at radius 3 is 2.35 bits per heavy atom. The van der Waals surface area contributed by atoms with Gasteiger partial charge in [0.15, 0.2) is 11.4 Å². The highest BCUT2D eigenvalue weighted by molar-refractivity contribution is 7.11. The van der Waals surface area contributed by atoms with Crippen LogP contribution in [0.1, 0.15) is 58.7 Å². The molecule has 31 heavy (non-hydrogen) atoms. The van der Waals surface area contributed by atoms with E-state index in [2.05, 4.69) is 42.7 Å². The van der Waals surface area contributed by atoms with Gasteiger partial charge in [0.2, 0.25) is 0 Å². The van der Waals surface area contributed by atoms with Crippen LogP contribution >= 0.6 is 11.3 Å². The lowest BCUT2D eigenvalue weighted by Crippen LogP contribution is -2.49. The lowest BCUT2D eigenvalue weighted by molar-refractivity contribution is 0.0573. The van der Waals surface area contributed by atoms with E-state index in [1.807, 2.05) is 30.5 Å². The number of rotatable bonds is 5. The van der Waals surface area contributed by atoms with Crippen LogP contribution in [-0.2, 0) is 0 Å². The number of aryl methyl sites for hydroxylation is 1. The number of thiazole rings is 1. The maximum Gasteiger partial charge on any atom is 0.278 e. The van der Waals surface area contributed by atoms with Gasteiger partial charge in [0.25, 0.3) is 5.91 Å². The molecule has 164 valence electrons. The third-order valence-corrected chi connectivity index (χ3v) is 6.95. The van der Waals surface area contributed by atoms with E-state index in [-0.39, 0.29) is 23.4 Å². The van der Waals surface area contributed by atoms with E-state index in [4.69, 9.17) is 0 Å². The molecule has 1 amide bonds. The number of amides is 1. The summed E-state index contributed by atoms with van der Waals surface area (Å²) in [5.41, 5.74) is 2.15. The number of hydrogen-bond acceptors (Lipinski definition) is 6. The molecule has 0 aliphatic carbocycles. The molecule has 0 saturated carbocycles. The predicted octanol–water partition coefficient (Wildman–Crippen LogP) is 3.99. The average molecular weight is 440 g/mol. The monoisotopic (exact) mass is 439 g/mol. The molecule has 1 aromatic carbocycles. The first-order valence-corrected chi connectivity index (χ1v) is 11.5. The molecule has 2 aromatic heterocycles. The predicted molar refractivity (Wildman–Crippen MR) is 122 cm³/mol. The molecule has 7 nitrogen and oxygen atoms in total. The van der Waals surface area contributed by atoms with Gasteiger partial charge in [-0.05, 0) is 37.5 Å². The molecule has 3 aromatic rings. The van der Waals surface area contributed by atoms with Crippen molar-refractivity contribution in [1.29, 1.82) is 0 Å². The summed E-state index contributed by atoms with van der Waals surface area (Å²) < 4.78 is 1.57. The summed E-state index contributed by atoms with van der Waals surface area (Å²) in [5, 5.41) is 15.9. The summed E-state index contributed by atoms with van der Waals surface area (Å²) in [6.07, 6.45) is 3.41. The fraction of sp³-hybridized carbons (Fsp3) is 0.435. The van der Waals surface area contributed by atoms with Crippen molar-refractivity contribution in [2.45, 2.75) is 39.7 Å². The van der Waals surface area contributed by atoms with E-state index in [0.717, 1.165) is 23.8 Å². The van der Waals surface area contributed by atoms with Gasteiger partial charge in [0.1, 0.15) is 5.01 Å². The molecular weight excluding hydrogens is 410 g/mol. The van der Waals surface area contributed by atoms with Gasteiger partial charge in [0.05, 0.1) is 17.9 Å². The van der Waals surface area contributed by atoms with Gasteiger partial charge >= 0.3 is 0 Å². The summed E-state index contributed by atoms with van der Waals surface area (Å²) >= 11 is 1.72. The Bertz CT molecular complexity index is 1050. The maximum atomic E-state index is 13.0. The average Bonchev–Trinajstić information content (AvgIpc) is 3.38. The fourth-order valence-electron chi connectivity index (χ4n) is 3.84. The summed E-state index contributed by atoms with van der Waals surface area (Å²) in [6, 6.07) is 8.24. The number of carbonyl (C=O) groups excluding carboxylic acids is 1. The second-order valence-corrected chi connectivity index (χ2v) is 9.63. The fourth-order valence-corrected chi connectivity index (χ4v) is 4.71. The van der Waals surface area contributed by atoms with Gasteiger partial charge in [0, 0.05) is 37.3 Å². The van der Waals surface area contributed by atoms with E-state index in [1.165, 1.54) is 16.6 Å². The minimum atomic E-state index is -0.229. The van der Waals surface area contributed by atoms with Crippen molar-refractivity contribution in [3.63, 3.8) is 0 Å². The highest BCUT2D eigenvalue weighted by Crippen LogP contribution is 2.27. The lowest BCUT2D eigenvalue weighted by Gasteiger charge is -2.37. The summed E-state index contributed by atoms with van der Waals surface area (Å²) in [5.74, 6) is 0.123. The number of nitrogens with zero attached hydrogens (tertiary/aromatic N) is 5. The molecule has 1 unspecified atom stereocenters. The normalized spacial score (nSPS) is 16.1.